The summed E-state index contributed by atoms with van der Waals surface area (Å²) in [5, 5.41) is 12.0. The molecule has 2 aromatic carbocycles. The molecule has 1 atom stereocenters. The molecule has 3 heterocycles. The van der Waals surface area contributed by atoms with Crippen molar-refractivity contribution in [1.82, 2.24) is 14.9 Å². The van der Waals surface area contributed by atoms with Crippen LogP contribution in [0.1, 0.15) is 22.9 Å². The monoisotopic (exact) mass is 427 g/mol. The summed E-state index contributed by atoms with van der Waals surface area (Å²) >= 11 is 0. The summed E-state index contributed by atoms with van der Waals surface area (Å²) in [6, 6.07) is 17.4. The quantitative estimate of drug-likeness (QED) is 0.288. The van der Waals surface area contributed by atoms with Crippen molar-refractivity contribution >= 4 is 28.4 Å². The molecule has 4 aromatic rings. The molecular weight excluding hydrogens is 409 g/mol. The number of aliphatic hydroxyl groups excluding tert-OH is 1. The molecule has 1 aliphatic rings. The van der Waals surface area contributed by atoms with E-state index < -0.39 is 23.5 Å². The lowest BCUT2D eigenvalue weighted by Gasteiger charge is -2.24. The van der Waals surface area contributed by atoms with Gasteiger partial charge in [0.15, 0.2) is 0 Å². The molecule has 1 fully saturated rings. The van der Waals surface area contributed by atoms with Crippen molar-refractivity contribution in [3.8, 4) is 0 Å². The van der Waals surface area contributed by atoms with Gasteiger partial charge in [-0.1, -0.05) is 36.4 Å². The number of fused-ring (bicyclic) bond motifs is 1. The highest BCUT2D eigenvalue weighted by atomic mass is 19.1. The van der Waals surface area contributed by atoms with Crippen LogP contribution in [-0.2, 0) is 16.1 Å². The number of Topliss-reactive ketones (excluding diaryl/α,β-unsaturated/α-hetero) is 1. The molecule has 1 unspecified atom stereocenters. The van der Waals surface area contributed by atoms with Crippen LogP contribution in [0.15, 0.2) is 84.7 Å². The third-order valence-corrected chi connectivity index (χ3v) is 5.62. The van der Waals surface area contributed by atoms with E-state index in [1.54, 1.807) is 42.7 Å². The van der Waals surface area contributed by atoms with Gasteiger partial charge in [-0.25, -0.2) is 4.39 Å². The third-order valence-electron chi connectivity index (χ3n) is 5.62. The van der Waals surface area contributed by atoms with Crippen LogP contribution in [0.4, 0.5) is 4.39 Å². The number of hydrogen-bond donors (Lipinski definition) is 2. The van der Waals surface area contributed by atoms with Gasteiger partial charge >= 0.3 is 0 Å². The van der Waals surface area contributed by atoms with Crippen LogP contribution in [-0.4, -0.2) is 31.7 Å². The van der Waals surface area contributed by atoms with Crippen LogP contribution in [0.2, 0.25) is 0 Å². The number of H-pyrrole nitrogens is 1. The Morgan fingerprint density at radius 1 is 1.03 bits per heavy atom. The van der Waals surface area contributed by atoms with Crippen LogP contribution >= 0.6 is 0 Å². The first-order valence-electron chi connectivity index (χ1n) is 10.0. The first-order valence-corrected chi connectivity index (χ1v) is 10.0. The van der Waals surface area contributed by atoms with Crippen LogP contribution in [0, 0.1) is 5.82 Å². The zero-order chi connectivity index (χ0) is 22.2. The van der Waals surface area contributed by atoms with E-state index in [2.05, 4.69) is 9.97 Å². The summed E-state index contributed by atoms with van der Waals surface area (Å²) in [5.41, 5.74) is 2.31. The second-order valence-corrected chi connectivity index (χ2v) is 7.56. The van der Waals surface area contributed by atoms with E-state index in [0.29, 0.717) is 16.8 Å². The Hall–Kier alpha value is -4.26. The molecule has 0 aliphatic carbocycles. The number of amides is 1. The topological polar surface area (TPSA) is 86.3 Å². The van der Waals surface area contributed by atoms with Crippen molar-refractivity contribution in [3.05, 3.63) is 107 Å². The van der Waals surface area contributed by atoms with Crippen molar-refractivity contribution in [2.24, 2.45) is 0 Å². The Labute approximate surface area is 182 Å². The molecule has 1 aliphatic heterocycles. The number of para-hydroxylation sites is 1. The molecule has 0 saturated carbocycles. The zero-order valence-electron chi connectivity index (χ0n) is 16.8. The fraction of sp³-hybridized carbons (Fsp3) is 0.0800. The predicted molar refractivity (Wildman–Crippen MR) is 117 cm³/mol. The van der Waals surface area contributed by atoms with E-state index in [0.717, 1.165) is 10.9 Å². The molecule has 32 heavy (non-hydrogen) atoms. The first-order chi connectivity index (χ1) is 15.5. The number of aliphatic hydroxyl groups is 1. The second kappa shape index (κ2) is 7.77. The summed E-state index contributed by atoms with van der Waals surface area (Å²) in [5.74, 6) is -2.19. The number of likely N-dealkylation sites (tertiary alicyclic amines) is 1. The number of aromatic amines is 1. The molecule has 5 rings (SSSR count). The number of benzene rings is 2. The van der Waals surface area contributed by atoms with Gasteiger partial charge in [0.05, 0.1) is 11.3 Å². The van der Waals surface area contributed by atoms with Gasteiger partial charge in [-0.15, -0.1) is 0 Å². The summed E-state index contributed by atoms with van der Waals surface area (Å²) < 4.78 is 13.3. The second-order valence-electron chi connectivity index (χ2n) is 7.56. The number of carbonyl (C=O) groups excluding carboxylic acids is 2. The number of aromatic nitrogens is 2. The smallest absolute Gasteiger partial charge is 0.296 e. The van der Waals surface area contributed by atoms with Crippen LogP contribution in [0.25, 0.3) is 16.7 Å². The fourth-order valence-electron chi connectivity index (χ4n) is 4.09. The highest BCUT2D eigenvalue weighted by Crippen LogP contribution is 2.40. The van der Waals surface area contributed by atoms with Crippen molar-refractivity contribution in [2.45, 2.75) is 12.6 Å². The Morgan fingerprint density at radius 2 is 1.78 bits per heavy atom. The minimum Gasteiger partial charge on any atom is -0.507 e. The molecule has 1 saturated heterocycles. The molecule has 0 spiro atoms. The van der Waals surface area contributed by atoms with Gasteiger partial charge in [0.2, 0.25) is 0 Å². The van der Waals surface area contributed by atoms with E-state index in [1.165, 1.54) is 17.0 Å². The van der Waals surface area contributed by atoms with Crippen molar-refractivity contribution in [2.75, 3.05) is 0 Å². The lowest BCUT2D eigenvalue weighted by atomic mass is 9.98. The molecule has 1 amide bonds. The molecule has 0 radical (unpaired) electrons. The van der Waals surface area contributed by atoms with Gasteiger partial charge in [0.1, 0.15) is 17.6 Å². The van der Waals surface area contributed by atoms with Crippen LogP contribution in [0.5, 0.6) is 0 Å². The van der Waals surface area contributed by atoms with Gasteiger partial charge in [-0.3, -0.25) is 14.6 Å². The van der Waals surface area contributed by atoms with Crippen molar-refractivity contribution in [3.63, 3.8) is 0 Å². The van der Waals surface area contributed by atoms with E-state index in [-0.39, 0.29) is 17.9 Å². The molecule has 158 valence electrons. The Bertz CT molecular complexity index is 1360. The van der Waals surface area contributed by atoms with Gasteiger partial charge in [-0.05, 0) is 35.9 Å². The van der Waals surface area contributed by atoms with E-state index in [9.17, 15) is 19.1 Å². The summed E-state index contributed by atoms with van der Waals surface area (Å²) in [7, 11) is 0. The number of rotatable bonds is 4. The van der Waals surface area contributed by atoms with Gasteiger partial charge in [-0.2, -0.15) is 0 Å². The normalized spacial score (nSPS) is 17.9. The number of carbonyl (C=O) groups is 2. The van der Waals surface area contributed by atoms with Crippen molar-refractivity contribution < 1.29 is 19.1 Å². The number of halogens is 1. The fourth-order valence-corrected chi connectivity index (χ4v) is 4.09. The zero-order valence-corrected chi connectivity index (χ0v) is 16.8. The third kappa shape index (κ3) is 3.24. The van der Waals surface area contributed by atoms with Crippen molar-refractivity contribution in [1.29, 1.82) is 0 Å². The molecule has 7 heteroatoms. The van der Waals surface area contributed by atoms with E-state index in [1.807, 2.05) is 24.3 Å². The highest BCUT2D eigenvalue weighted by Gasteiger charge is 2.46. The standard InChI is InChI=1S/C25H18FN3O3/c26-16-10-8-15(9-11-16)14-29-22(20-7-3-4-12-27-20)21(24(31)25(29)32)23(30)18-13-28-19-6-2-1-5-17(18)19/h1-13,22,28,30H,14H2/b23-21-. The summed E-state index contributed by atoms with van der Waals surface area (Å²) in [4.78, 5) is 34.9. The number of hydrogen-bond acceptors (Lipinski definition) is 4. The van der Waals surface area contributed by atoms with Crippen LogP contribution in [0.3, 0.4) is 0 Å². The van der Waals surface area contributed by atoms with Crippen LogP contribution < -0.4 is 0 Å². The Morgan fingerprint density at radius 3 is 2.53 bits per heavy atom. The molecular formula is C25H18FN3O3. The number of nitrogens with zero attached hydrogens (tertiary/aromatic N) is 2. The minimum absolute atomic E-state index is 0.0273. The number of ketones is 1. The Balaban J connectivity index is 1.67. The minimum atomic E-state index is -0.880. The maximum absolute atomic E-state index is 13.3. The lowest BCUT2D eigenvalue weighted by molar-refractivity contribution is -0.140. The molecule has 2 N–H and O–H groups in total. The van der Waals surface area contributed by atoms with Gasteiger partial charge in [0, 0.05) is 35.4 Å². The van der Waals surface area contributed by atoms with E-state index in [4.69, 9.17) is 0 Å². The summed E-state index contributed by atoms with van der Waals surface area (Å²) in [6.07, 6.45) is 3.18. The predicted octanol–water partition coefficient (Wildman–Crippen LogP) is 4.32. The maximum atomic E-state index is 13.3. The van der Waals surface area contributed by atoms with E-state index >= 15 is 0 Å². The number of nitrogens with one attached hydrogen (secondary N) is 1. The molecule has 6 nitrogen and oxygen atoms in total. The maximum Gasteiger partial charge on any atom is 0.296 e. The SMILES string of the molecule is O=C1C(=O)N(Cc2ccc(F)cc2)C(c2ccccn2)/C1=C(/O)c1c[nH]c2ccccc12. The lowest BCUT2D eigenvalue weighted by Crippen LogP contribution is -2.29. The van der Waals surface area contributed by atoms with Gasteiger partial charge < -0.3 is 15.0 Å². The molecule has 2 aromatic heterocycles. The van der Waals surface area contributed by atoms with Gasteiger partial charge in [0.25, 0.3) is 11.7 Å². The largest absolute Gasteiger partial charge is 0.507 e. The number of pyridine rings is 1. The summed E-state index contributed by atoms with van der Waals surface area (Å²) in [6.45, 7) is 0.0662. The Kier molecular flexibility index (Phi) is 4.78. The average molecular weight is 427 g/mol. The first kappa shape index (κ1) is 19.7. The molecule has 0 bridgehead atoms. The average Bonchev–Trinajstić information content (AvgIpc) is 3.35. The highest BCUT2D eigenvalue weighted by molar-refractivity contribution is 6.46.